The molecule has 0 fully saturated rings. The number of benzene rings is 1. The normalized spacial score (nSPS) is 9.23. The summed E-state index contributed by atoms with van der Waals surface area (Å²) >= 11 is 2.94. The van der Waals surface area contributed by atoms with Gasteiger partial charge in [-0.05, 0) is 28.1 Å². The van der Waals surface area contributed by atoms with Crippen LogP contribution >= 0.6 is 15.9 Å². The summed E-state index contributed by atoms with van der Waals surface area (Å²) in [4.78, 5) is 10.5. The van der Waals surface area contributed by atoms with Crippen molar-refractivity contribution in [3.05, 3.63) is 27.7 Å². The van der Waals surface area contributed by atoms with Crippen molar-refractivity contribution in [2.75, 3.05) is 0 Å². The molecule has 0 heterocycles. The van der Waals surface area contributed by atoms with Gasteiger partial charge < -0.3 is 10.2 Å². The first kappa shape index (κ1) is 9.55. The Bertz CT molecular complexity index is 409. The summed E-state index contributed by atoms with van der Waals surface area (Å²) < 4.78 is 0.198. The largest absolute Gasteiger partial charge is 0.505 e. The predicted molar refractivity (Wildman–Crippen MR) is 47.5 cm³/mol. The number of hydrogen-bond donors (Lipinski definition) is 2. The van der Waals surface area contributed by atoms with Crippen LogP contribution in [-0.2, 0) is 0 Å². The lowest BCUT2D eigenvalue weighted by molar-refractivity contribution is 0.0697. The highest BCUT2D eigenvalue weighted by Gasteiger charge is 2.11. The summed E-state index contributed by atoms with van der Waals surface area (Å²) in [7, 11) is 0. The minimum Gasteiger partial charge on any atom is -0.505 e. The SMILES string of the molecule is N#Cc1cc(C(=O)O)cc(Br)c1O. The summed E-state index contributed by atoms with van der Waals surface area (Å²) in [5.41, 5.74) is -0.104. The standard InChI is InChI=1S/C8H4BrNO3/c9-6-2-4(8(12)13)1-5(3-10)7(6)11/h1-2,11H,(H,12,13). The third kappa shape index (κ3) is 1.79. The fourth-order valence-corrected chi connectivity index (χ4v) is 1.27. The van der Waals surface area contributed by atoms with Gasteiger partial charge in [0.25, 0.3) is 0 Å². The Labute approximate surface area is 82.2 Å². The van der Waals surface area contributed by atoms with E-state index in [0.29, 0.717) is 0 Å². The molecule has 1 aromatic rings. The maximum Gasteiger partial charge on any atom is 0.335 e. The average molecular weight is 242 g/mol. The van der Waals surface area contributed by atoms with Crippen LogP contribution in [0, 0.1) is 11.3 Å². The number of carbonyl (C=O) groups is 1. The van der Waals surface area contributed by atoms with Crippen molar-refractivity contribution >= 4 is 21.9 Å². The number of aromatic carboxylic acids is 1. The number of nitriles is 1. The van der Waals surface area contributed by atoms with E-state index in [2.05, 4.69) is 15.9 Å². The Morgan fingerprint density at radius 1 is 1.54 bits per heavy atom. The molecule has 0 radical (unpaired) electrons. The summed E-state index contributed by atoms with van der Waals surface area (Å²) in [5, 5.41) is 26.4. The summed E-state index contributed by atoms with van der Waals surface area (Å²) in [6, 6.07) is 4.04. The van der Waals surface area contributed by atoms with E-state index in [1.807, 2.05) is 0 Å². The van der Waals surface area contributed by atoms with Crippen LogP contribution in [0.1, 0.15) is 15.9 Å². The zero-order chi connectivity index (χ0) is 10.0. The van der Waals surface area contributed by atoms with Crippen LogP contribution in [0.4, 0.5) is 0 Å². The number of phenols is 1. The van der Waals surface area contributed by atoms with Crippen LogP contribution < -0.4 is 0 Å². The summed E-state index contributed by atoms with van der Waals surface area (Å²) in [6.45, 7) is 0. The Balaban J connectivity index is 3.41. The lowest BCUT2D eigenvalue weighted by atomic mass is 10.1. The van der Waals surface area contributed by atoms with E-state index in [9.17, 15) is 9.90 Å². The van der Waals surface area contributed by atoms with Crippen LogP contribution in [0.2, 0.25) is 0 Å². The molecule has 0 unspecified atom stereocenters. The Hall–Kier alpha value is -1.54. The average Bonchev–Trinajstić information content (AvgIpc) is 2.09. The zero-order valence-corrected chi connectivity index (χ0v) is 7.87. The van der Waals surface area contributed by atoms with E-state index < -0.39 is 5.97 Å². The molecule has 5 heteroatoms. The fourth-order valence-electron chi connectivity index (χ4n) is 0.808. The first-order valence-electron chi connectivity index (χ1n) is 3.22. The number of hydrogen-bond acceptors (Lipinski definition) is 3. The van der Waals surface area contributed by atoms with Crippen molar-refractivity contribution < 1.29 is 15.0 Å². The predicted octanol–water partition coefficient (Wildman–Crippen LogP) is 1.72. The Morgan fingerprint density at radius 3 is 2.62 bits per heavy atom. The topological polar surface area (TPSA) is 81.3 Å². The molecule has 0 spiro atoms. The van der Waals surface area contributed by atoms with Crippen LogP contribution in [0.5, 0.6) is 5.75 Å². The molecule has 0 aliphatic rings. The van der Waals surface area contributed by atoms with Crippen molar-refractivity contribution in [3.63, 3.8) is 0 Å². The highest BCUT2D eigenvalue weighted by Crippen LogP contribution is 2.28. The molecule has 0 bridgehead atoms. The zero-order valence-electron chi connectivity index (χ0n) is 6.28. The van der Waals surface area contributed by atoms with Gasteiger partial charge in [-0.25, -0.2) is 4.79 Å². The van der Waals surface area contributed by atoms with Gasteiger partial charge in [0.15, 0.2) is 0 Å². The molecule has 0 aliphatic heterocycles. The number of aromatic hydroxyl groups is 1. The molecule has 0 amide bonds. The molecule has 0 atom stereocenters. The van der Waals surface area contributed by atoms with Gasteiger partial charge in [0.05, 0.1) is 15.6 Å². The highest BCUT2D eigenvalue weighted by molar-refractivity contribution is 9.10. The number of nitrogens with zero attached hydrogens (tertiary/aromatic N) is 1. The van der Waals surface area contributed by atoms with E-state index >= 15 is 0 Å². The first-order chi connectivity index (χ1) is 6.06. The van der Waals surface area contributed by atoms with E-state index in [4.69, 9.17) is 10.4 Å². The molecule has 1 aromatic carbocycles. The highest BCUT2D eigenvalue weighted by atomic mass is 79.9. The lowest BCUT2D eigenvalue weighted by Gasteiger charge is -2.00. The first-order valence-corrected chi connectivity index (χ1v) is 4.01. The fraction of sp³-hybridized carbons (Fsp3) is 0. The maximum absolute atomic E-state index is 10.5. The molecule has 0 aliphatic carbocycles. The van der Waals surface area contributed by atoms with Crippen LogP contribution in [0.25, 0.3) is 0 Å². The molecular formula is C8H4BrNO3. The third-order valence-corrected chi connectivity index (χ3v) is 2.04. The van der Waals surface area contributed by atoms with Crippen molar-refractivity contribution in [2.45, 2.75) is 0 Å². The maximum atomic E-state index is 10.5. The second-order valence-corrected chi connectivity index (χ2v) is 3.13. The smallest absolute Gasteiger partial charge is 0.335 e. The van der Waals surface area contributed by atoms with Crippen molar-refractivity contribution in [1.29, 1.82) is 5.26 Å². The van der Waals surface area contributed by atoms with Gasteiger partial charge in [0.2, 0.25) is 0 Å². The van der Waals surface area contributed by atoms with Crippen LogP contribution in [0.3, 0.4) is 0 Å². The molecule has 0 aromatic heterocycles. The molecule has 2 N–H and O–H groups in total. The van der Waals surface area contributed by atoms with Gasteiger partial charge in [-0.3, -0.25) is 0 Å². The quantitative estimate of drug-likeness (QED) is 0.785. The Morgan fingerprint density at radius 2 is 2.15 bits per heavy atom. The number of halogens is 1. The number of phenolic OH excluding ortho intramolecular Hbond substituents is 1. The minimum atomic E-state index is -1.14. The van der Waals surface area contributed by atoms with Crippen molar-refractivity contribution in [1.82, 2.24) is 0 Å². The molecule has 4 nitrogen and oxygen atoms in total. The van der Waals surface area contributed by atoms with Gasteiger partial charge in [-0.15, -0.1) is 0 Å². The molecular weight excluding hydrogens is 238 g/mol. The monoisotopic (exact) mass is 241 g/mol. The van der Waals surface area contributed by atoms with Gasteiger partial charge in [-0.1, -0.05) is 0 Å². The van der Waals surface area contributed by atoms with Gasteiger partial charge in [0, 0.05) is 0 Å². The van der Waals surface area contributed by atoms with Gasteiger partial charge in [-0.2, -0.15) is 5.26 Å². The van der Waals surface area contributed by atoms with Crippen LogP contribution in [0.15, 0.2) is 16.6 Å². The third-order valence-electron chi connectivity index (χ3n) is 1.43. The second-order valence-electron chi connectivity index (χ2n) is 2.27. The molecule has 66 valence electrons. The lowest BCUT2D eigenvalue weighted by Crippen LogP contribution is -1.97. The molecule has 1 rings (SSSR count). The van der Waals surface area contributed by atoms with Crippen molar-refractivity contribution in [2.24, 2.45) is 0 Å². The van der Waals surface area contributed by atoms with Crippen LogP contribution in [-0.4, -0.2) is 16.2 Å². The van der Waals surface area contributed by atoms with E-state index in [-0.39, 0.29) is 21.3 Å². The number of carboxylic acid groups (broad SMARTS) is 1. The number of carboxylic acids is 1. The molecule has 13 heavy (non-hydrogen) atoms. The molecule has 0 saturated carbocycles. The Kier molecular flexibility index (Phi) is 2.54. The minimum absolute atomic E-state index is 0.0405. The number of rotatable bonds is 1. The summed E-state index contributed by atoms with van der Waals surface area (Å²) in [5.74, 6) is -1.38. The van der Waals surface area contributed by atoms with E-state index in [0.717, 1.165) is 6.07 Å². The van der Waals surface area contributed by atoms with Crippen molar-refractivity contribution in [3.8, 4) is 11.8 Å². The van der Waals surface area contributed by atoms with Gasteiger partial charge in [0.1, 0.15) is 11.8 Å². The van der Waals surface area contributed by atoms with E-state index in [1.54, 1.807) is 6.07 Å². The van der Waals surface area contributed by atoms with E-state index in [1.165, 1.54) is 6.07 Å². The molecule has 0 saturated heterocycles. The van der Waals surface area contributed by atoms with Gasteiger partial charge >= 0.3 is 5.97 Å². The summed E-state index contributed by atoms with van der Waals surface area (Å²) in [6.07, 6.45) is 0. The second kappa shape index (κ2) is 3.46.